The summed E-state index contributed by atoms with van der Waals surface area (Å²) in [4.78, 5) is 6.76. The Kier molecular flexibility index (Phi) is 12.5. The molecule has 0 saturated carbocycles. The van der Waals surface area contributed by atoms with Crippen LogP contribution in [0.2, 0.25) is 0 Å². The van der Waals surface area contributed by atoms with Crippen LogP contribution in [0.25, 0.3) is 0 Å². The number of anilines is 1. The van der Waals surface area contributed by atoms with E-state index in [1.54, 1.807) is 17.8 Å². The van der Waals surface area contributed by atoms with E-state index in [9.17, 15) is 4.39 Å². The van der Waals surface area contributed by atoms with Gasteiger partial charge in [0.05, 0.1) is 0 Å². The highest BCUT2D eigenvalue weighted by atomic mass is 32.2. The second-order valence-corrected chi connectivity index (χ2v) is 8.76. The molecular weight excluding hydrogens is 413 g/mol. The van der Waals surface area contributed by atoms with Crippen LogP contribution in [0.3, 0.4) is 0 Å². The molecule has 2 rings (SSSR count). The van der Waals surface area contributed by atoms with Gasteiger partial charge in [-0.25, -0.2) is 4.39 Å². The molecule has 6 heteroatoms. The Bertz CT molecular complexity index is 731. The molecule has 1 aromatic carbocycles. The van der Waals surface area contributed by atoms with Crippen molar-refractivity contribution in [3.8, 4) is 0 Å². The van der Waals surface area contributed by atoms with Crippen LogP contribution in [0.15, 0.2) is 53.6 Å². The zero-order chi connectivity index (χ0) is 21.4. The van der Waals surface area contributed by atoms with E-state index in [-0.39, 0.29) is 5.82 Å². The average molecular weight is 448 g/mol. The molecule has 0 atom stereocenters. The summed E-state index contributed by atoms with van der Waals surface area (Å²) in [6.45, 7) is 3.89. The summed E-state index contributed by atoms with van der Waals surface area (Å²) in [5, 5.41) is 4.66. The summed E-state index contributed by atoms with van der Waals surface area (Å²) < 4.78 is 13.4. The van der Waals surface area contributed by atoms with E-state index in [4.69, 9.17) is 17.2 Å². The lowest BCUT2D eigenvalue weighted by atomic mass is 10.2. The Hall–Kier alpha value is -1.66. The third kappa shape index (κ3) is 9.90. The zero-order valence-electron chi connectivity index (χ0n) is 18.0. The fourth-order valence-corrected chi connectivity index (χ4v) is 4.40. The lowest BCUT2D eigenvalue weighted by molar-refractivity contribution is 0.628. The first kappa shape index (κ1) is 24.6. The molecule has 0 radical (unpaired) electrons. The summed E-state index contributed by atoms with van der Waals surface area (Å²) in [6, 6.07) is 6.36. The molecule has 0 spiro atoms. The van der Waals surface area contributed by atoms with Crippen LogP contribution in [-0.2, 0) is 0 Å². The van der Waals surface area contributed by atoms with Crippen LogP contribution >= 0.6 is 24.0 Å². The van der Waals surface area contributed by atoms with Gasteiger partial charge in [0.15, 0.2) is 10.3 Å². The van der Waals surface area contributed by atoms with Crippen LogP contribution in [0.4, 0.5) is 10.1 Å². The van der Waals surface area contributed by atoms with Crippen LogP contribution in [0.1, 0.15) is 58.3 Å². The number of hydrogen-bond donors (Lipinski definition) is 1. The summed E-state index contributed by atoms with van der Waals surface area (Å²) >= 11 is 7.23. The Morgan fingerprint density at radius 1 is 1.17 bits per heavy atom. The second kappa shape index (κ2) is 15.2. The zero-order valence-corrected chi connectivity index (χ0v) is 19.6. The SMILES string of the molecule is CCCCCC=CC=CCCCCCN=C1SCCN1C(=S)Nc1cccc(F)c1. The third-order valence-corrected chi connectivity index (χ3v) is 6.05. The van der Waals surface area contributed by atoms with Crippen molar-refractivity contribution in [2.24, 2.45) is 4.99 Å². The molecule has 1 saturated heterocycles. The van der Waals surface area contributed by atoms with Crippen LogP contribution in [-0.4, -0.2) is 34.0 Å². The lowest BCUT2D eigenvalue weighted by Gasteiger charge is -2.20. The standard InChI is InChI=1S/C24H34FN3S2/c1-2-3-4-5-6-7-8-9-10-11-12-13-17-26-24-28(18-19-30-24)23(29)27-22-16-14-15-21(25)20-22/h6-9,14-16,20H,2-5,10-13,17-19H2,1H3,(H,27,29). The number of allylic oxidation sites excluding steroid dienone is 4. The number of hydrogen-bond acceptors (Lipinski definition) is 3. The summed E-state index contributed by atoms with van der Waals surface area (Å²) in [5.41, 5.74) is 0.667. The maximum atomic E-state index is 13.4. The highest BCUT2D eigenvalue weighted by Gasteiger charge is 2.23. The van der Waals surface area contributed by atoms with Crippen molar-refractivity contribution >= 4 is 39.9 Å². The van der Waals surface area contributed by atoms with E-state index in [0.29, 0.717) is 10.8 Å². The predicted octanol–water partition coefficient (Wildman–Crippen LogP) is 7.18. The Morgan fingerprint density at radius 2 is 1.93 bits per heavy atom. The van der Waals surface area contributed by atoms with Crippen molar-refractivity contribution in [2.75, 3.05) is 24.2 Å². The van der Waals surface area contributed by atoms with Crippen molar-refractivity contribution in [1.82, 2.24) is 4.90 Å². The fourth-order valence-electron chi connectivity index (χ4n) is 3.07. The van der Waals surface area contributed by atoms with Gasteiger partial charge in [-0.3, -0.25) is 9.89 Å². The maximum Gasteiger partial charge on any atom is 0.179 e. The summed E-state index contributed by atoms with van der Waals surface area (Å²) in [6.07, 6.45) is 18.5. The van der Waals surface area contributed by atoms with Crippen molar-refractivity contribution in [3.63, 3.8) is 0 Å². The summed E-state index contributed by atoms with van der Waals surface area (Å²) in [5.74, 6) is 0.700. The highest BCUT2D eigenvalue weighted by Crippen LogP contribution is 2.20. The molecule has 1 heterocycles. The first-order valence-electron chi connectivity index (χ1n) is 11.0. The van der Waals surface area contributed by atoms with Gasteiger partial charge in [-0.1, -0.05) is 68.3 Å². The minimum atomic E-state index is -0.273. The first-order chi connectivity index (χ1) is 14.7. The smallest absolute Gasteiger partial charge is 0.179 e. The topological polar surface area (TPSA) is 27.6 Å². The Morgan fingerprint density at radius 3 is 2.67 bits per heavy atom. The molecular formula is C24H34FN3S2. The molecule has 0 amide bonds. The molecule has 1 aromatic rings. The predicted molar refractivity (Wildman–Crippen MR) is 135 cm³/mol. The van der Waals surface area contributed by atoms with Gasteiger partial charge in [0.25, 0.3) is 0 Å². The minimum Gasteiger partial charge on any atom is -0.332 e. The van der Waals surface area contributed by atoms with E-state index in [1.165, 1.54) is 50.7 Å². The van der Waals surface area contributed by atoms with Crippen molar-refractivity contribution in [1.29, 1.82) is 0 Å². The second-order valence-electron chi connectivity index (χ2n) is 7.31. The average Bonchev–Trinajstić information content (AvgIpc) is 3.20. The molecule has 0 aliphatic carbocycles. The number of amidine groups is 1. The monoisotopic (exact) mass is 447 g/mol. The van der Waals surface area contributed by atoms with Crippen molar-refractivity contribution in [2.45, 2.75) is 58.3 Å². The van der Waals surface area contributed by atoms with Gasteiger partial charge < -0.3 is 5.32 Å². The van der Waals surface area contributed by atoms with E-state index in [1.807, 2.05) is 11.0 Å². The van der Waals surface area contributed by atoms with Gasteiger partial charge >= 0.3 is 0 Å². The number of nitrogens with one attached hydrogen (secondary N) is 1. The first-order valence-corrected chi connectivity index (χ1v) is 12.4. The molecule has 1 aliphatic rings. The number of nitrogens with zero attached hydrogens (tertiary/aromatic N) is 2. The lowest BCUT2D eigenvalue weighted by Crippen LogP contribution is -2.35. The Labute approximate surface area is 190 Å². The Balaban J connectivity index is 1.61. The molecule has 1 aliphatic heterocycles. The molecule has 30 heavy (non-hydrogen) atoms. The normalized spacial score (nSPS) is 15.7. The molecule has 3 nitrogen and oxygen atoms in total. The molecule has 164 valence electrons. The quantitative estimate of drug-likeness (QED) is 0.209. The van der Waals surface area contributed by atoms with Gasteiger partial charge in [0.1, 0.15) is 5.82 Å². The number of benzene rings is 1. The van der Waals surface area contributed by atoms with Crippen molar-refractivity contribution in [3.05, 3.63) is 54.4 Å². The van der Waals surface area contributed by atoms with Crippen LogP contribution in [0.5, 0.6) is 0 Å². The molecule has 0 bridgehead atoms. The minimum absolute atomic E-state index is 0.273. The molecule has 1 N–H and O–H groups in total. The number of rotatable bonds is 12. The van der Waals surface area contributed by atoms with Gasteiger partial charge in [-0.2, -0.15) is 0 Å². The van der Waals surface area contributed by atoms with Crippen LogP contribution in [0, 0.1) is 5.82 Å². The molecule has 0 unspecified atom stereocenters. The van der Waals surface area contributed by atoms with E-state index >= 15 is 0 Å². The van der Waals surface area contributed by atoms with Gasteiger partial charge in [0, 0.05) is 24.5 Å². The number of thioether (sulfide) groups is 1. The molecule has 0 aromatic heterocycles. The van der Waals surface area contributed by atoms with Crippen LogP contribution < -0.4 is 5.32 Å². The fraction of sp³-hybridized carbons (Fsp3) is 0.500. The number of unbranched alkanes of at least 4 members (excludes halogenated alkanes) is 6. The van der Waals surface area contributed by atoms with E-state index in [0.717, 1.165) is 36.9 Å². The summed E-state index contributed by atoms with van der Waals surface area (Å²) in [7, 11) is 0. The number of aliphatic imine (C=N–C) groups is 1. The van der Waals surface area contributed by atoms with Gasteiger partial charge in [0.2, 0.25) is 0 Å². The largest absolute Gasteiger partial charge is 0.332 e. The van der Waals surface area contributed by atoms with E-state index in [2.05, 4.69) is 36.5 Å². The number of thiocarbonyl (C=S) groups is 1. The maximum absolute atomic E-state index is 13.4. The third-order valence-electron chi connectivity index (χ3n) is 4.73. The highest BCUT2D eigenvalue weighted by molar-refractivity contribution is 8.14. The van der Waals surface area contributed by atoms with Gasteiger partial charge in [-0.05, 0) is 62.5 Å². The molecule has 1 fully saturated rings. The van der Waals surface area contributed by atoms with E-state index < -0.39 is 0 Å². The van der Waals surface area contributed by atoms with Crippen molar-refractivity contribution < 1.29 is 4.39 Å². The van der Waals surface area contributed by atoms with Gasteiger partial charge in [-0.15, -0.1) is 0 Å². The number of halogens is 1.